The largest absolute Gasteiger partial charge is 0.395 e. The van der Waals surface area contributed by atoms with Crippen LogP contribution in [0.2, 0.25) is 0 Å². The minimum Gasteiger partial charge on any atom is -0.395 e. The van der Waals surface area contributed by atoms with Crippen LogP contribution in [0.25, 0.3) is 0 Å². The van der Waals surface area contributed by atoms with Gasteiger partial charge in [0, 0.05) is 18.6 Å². The third kappa shape index (κ3) is 2.20. The average Bonchev–Trinajstić information content (AvgIpc) is 2.27. The first-order valence-electron chi connectivity index (χ1n) is 5.36. The second-order valence-corrected chi connectivity index (χ2v) is 4.07. The minimum atomic E-state index is 0.184. The summed E-state index contributed by atoms with van der Waals surface area (Å²) in [5.74, 6) is 0. The molecule has 0 bridgehead atoms. The SMILES string of the molecule is OC[C@@H]1C[C@H](CO)N1Cc1ccccc1. The van der Waals surface area contributed by atoms with E-state index in [9.17, 15) is 0 Å². The predicted octanol–water partition coefficient (Wildman–Crippen LogP) is 0.614. The summed E-state index contributed by atoms with van der Waals surface area (Å²) < 4.78 is 0. The summed E-state index contributed by atoms with van der Waals surface area (Å²) >= 11 is 0. The van der Waals surface area contributed by atoms with Crippen LogP contribution in [0.4, 0.5) is 0 Å². The summed E-state index contributed by atoms with van der Waals surface area (Å²) in [6.45, 7) is 1.18. The molecular weight excluding hydrogens is 190 g/mol. The summed E-state index contributed by atoms with van der Waals surface area (Å²) in [5.41, 5.74) is 1.23. The lowest BCUT2D eigenvalue weighted by Crippen LogP contribution is -2.58. The Hall–Kier alpha value is -0.900. The van der Waals surface area contributed by atoms with Crippen molar-refractivity contribution in [2.45, 2.75) is 25.0 Å². The first-order valence-corrected chi connectivity index (χ1v) is 5.36. The topological polar surface area (TPSA) is 43.7 Å². The Labute approximate surface area is 90.0 Å². The van der Waals surface area contributed by atoms with E-state index in [2.05, 4.69) is 17.0 Å². The molecule has 1 aromatic carbocycles. The van der Waals surface area contributed by atoms with Crippen LogP contribution in [0.5, 0.6) is 0 Å². The first-order chi connectivity index (χ1) is 7.35. The van der Waals surface area contributed by atoms with Crippen molar-refractivity contribution in [3.05, 3.63) is 35.9 Å². The lowest BCUT2D eigenvalue weighted by Gasteiger charge is -2.47. The Morgan fingerprint density at radius 3 is 2.20 bits per heavy atom. The van der Waals surface area contributed by atoms with E-state index in [1.54, 1.807) is 0 Å². The van der Waals surface area contributed by atoms with Gasteiger partial charge < -0.3 is 10.2 Å². The van der Waals surface area contributed by atoms with Crippen molar-refractivity contribution < 1.29 is 10.2 Å². The van der Waals surface area contributed by atoms with Gasteiger partial charge in [-0.1, -0.05) is 30.3 Å². The third-order valence-electron chi connectivity index (χ3n) is 3.11. The zero-order valence-corrected chi connectivity index (χ0v) is 8.71. The number of likely N-dealkylation sites (tertiary alicyclic amines) is 1. The van der Waals surface area contributed by atoms with Crippen molar-refractivity contribution in [1.82, 2.24) is 4.90 Å². The van der Waals surface area contributed by atoms with Crippen LogP contribution < -0.4 is 0 Å². The molecule has 0 saturated carbocycles. The van der Waals surface area contributed by atoms with Crippen molar-refractivity contribution >= 4 is 0 Å². The van der Waals surface area contributed by atoms with Gasteiger partial charge in [0.05, 0.1) is 13.2 Å². The number of hydrogen-bond acceptors (Lipinski definition) is 3. The molecule has 15 heavy (non-hydrogen) atoms. The van der Waals surface area contributed by atoms with Crippen LogP contribution in [0.15, 0.2) is 30.3 Å². The van der Waals surface area contributed by atoms with Gasteiger partial charge in [0.15, 0.2) is 0 Å². The van der Waals surface area contributed by atoms with Crippen molar-refractivity contribution in [3.8, 4) is 0 Å². The van der Waals surface area contributed by atoms with E-state index >= 15 is 0 Å². The molecule has 2 atom stereocenters. The number of benzene rings is 1. The minimum absolute atomic E-state index is 0.184. The molecule has 1 aliphatic rings. The standard InChI is InChI=1S/C12H17NO2/c14-8-11-6-12(9-15)13(11)7-10-4-2-1-3-5-10/h1-5,11-12,14-15H,6-9H2/t11-,12+. The maximum Gasteiger partial charge on any atom is 0.0587 e. The summed E-state index contributed by atoms with van der Waals surface area (Å²) in [6.07, 6.45) is 0.903. The third-order valence-corrected chi connectivity index (χ3v) is 3.11. The second kappa shape index (κ2) is 4.75. The van der Waals surface area contributed by atoms with Crippen LogP contribution in [0.1, 0.15) is 12.0 Å². The first kappa shape index (κ1) is 10.6. The van der Waals surface area contributed by atoms with E-state index in [0.29, 0.717) is 0 Å². The van der Waals surface area contributed by atoms with Crippen molar-refractivity contribution in [3.63, 3.8) is 0 Å². The molecule has 0 radical (unpaired) electrons. The summed E-state index contributed by atoms with van der Waals surface area (Å²) in [5, 5.41) is 18.2. The normalized spacial score (nSPS) is 26.3. The fraction of sp³-hybridized carbons (Fsp3) is 0.500. The molecule has 0 aliphatic carbocycles. The highest BCUT2D eigenvalue weighted by molar-refractivity contribution is 5.15. The molecule has 0 unspecified atom stereocenters. The Kier molecular flexibility index (Phi) is 3.36. The van der Waals surface area contributed by atoms with E-state index in [1.807, 2.05) is 18.2 Å². The van der Waals surface area contributed by atoms with Gasteiger partial charge in [-0.05, 0) is 12.0 Å². The van der Waals surface area contributed by atoms with E-state index in [-0.39, 0.29) is 25.3 Å². The number of nitrogens with zero attached hydrogens (tertiary/aromatic N) is 1. The fourth-order valence-electron chi connectivity index (χ4n) is 2.16. The summed E-state index contributed by atoms with van der Waals surface area (Å²) in [7, 11) is 0. The van der Waals surface area contributed by atoms with Crippen molar-refractivity contribution in [1.29, 1.82) is 0 Å². The summed E-state index contributed by atoms with van der Waals surface area (Å²) in [6, 6.07) is 10.6. The lowest BCUT2D eigenvalue weighted by atomic mass is 9.93. The smallest absolute Gasteiger partial charge is 0.0587 e. The van der Waals surface area contributed by atoms with Crippen LogP contribution in [-0.4, -0.2) is 40.4 Å². The fourth-order valence-corrected chi connectivity index (χ4v) is 2.16. The quantitative estimate of drug-likeness (QED) is 0.760. The van der Waals surface area contributed by atoms with E-state index in [0.717, 1.165) is 13.0 Å². The van der Waals surface area contributed by atoms with Crippen LogP contribution >= 0.6 is 0 Å². The zero-order valence-electron chi connectivity index (χ0n) is 8.71. The van der Waals surface area contributed by atoms with Gasteiger partial charge in [-0.25, -0.2) is 0 Å². The molecule has 3 nitrogen and oxygen atoms in total. The summed E-state index contributed by atoms with van der Waals surface area (Å²) in [4.78, 5) is 2.16. The van der Waals surface area contributed by atoms with Gasteiger partial charge in [0.2, 0.25) is 0 Å². The van der Waals surface area contributed by atoms with Gasteiger partial charge in [-0.3, -0.25) is 4.90 Å². The van der Waals surface area contributed by atoms with Gasteiger partial charge in [0.25, 0.3) is 0 Å². The van der Waals surface area contributed by atoms with E-state index in [4.69, 9.17) is 10.2 Å². The van der Waals surface area contributed by atoms with Gasteiger partial charge >= 0.3 is 0 Å². The molecule has 1 fully saturated rings. The number of rotatable bonds is 4. The highest BCUT2D eigenvalue weighted by atomic mass is 16.3. The molecule has 2 rings (SSSR count). The van der Waals surface area contributed by atoms with Gasteiger partial charge in [-0.2, -0.15) is 0 Å². The molecule has 0 spiro atoms. The molecule has 3 heteroatoms. The van der Waals surface area contributed by atoms with Gasteiger partial charge in [0.1, 0.15) is 0 Å². The monoisotopic (exact) mass is 207 g/mol. The van der Waals surface area contributed by atoms with E-state index < -0.39 is 0 Å². The molecule has 0 aromatic heterocycles. The Bertz CT molecular complexity index is 292. The van der Waals surface area contributed by atoms with Crippen LogP contribution in [0.3, 0.4) is 0 Å². The molecule has 82 valence electrons. The van der Waals surface area contributed by atoms with Crippen LogP contribution in [-0.2, 0) is 6.54 Å². The second-order valence-electron chi connectivity index (χ2n) is 4.07. The molecule has 1 aromatic rings. The van der Waals surface area contributed by atoms with E-state index in [1.165, 1.54) is 5.56 Å². The molecular formula is C12H17NO2. The maximum absolute atomic E-state index is 9.12. The Morgan fingerprint density at radius 2 is 1.67 bits per heavy atom. The lowest BCUT2D eigenvalue weighted by molar-refractivity contribution is -0.0475. The molecule has 2 N–H and O–H groups in total. The number of hydrogen-bond donors (Lipinski definition) is 2. The van der Waals surface area contributed by atoms with Crippen LogP contribution in [0, 0.1) is 0 Å². The van der Waals surface area contributed by atoms with Gasteiger partial charge in [-0.15, -0.1) is 0 Å². The Morgan fingerprint density at radius 1 is 1.07 bits per heavy atom. The predicted molar refractivity (Wildman–Crippen MR) is 58.3 cm³/mol. The maximum atomic E-state index is 9.12. The zero-order chi connectivity index (χ0) is 10.7. The van der Waals surface area contributed by atoms with Crippen molar-refractivity contribution in [2.75, 3.05) is 13.2 Å². The molecule has 1 aliphatic heterocycles. The average molecular weight is 207 g/mol. The number of aliphatic hydroxyl groups excluding tert-OH is 2. The number of aliphatic hydroxyl groups is 2. The molecule has 1 saturated heterocycles. The van der Waals surface area contributed by atoms with Crippen molar-refractivity contribution in [2.24, 2.45) is 0 Å². The Balaban J connectivity index is 1.98. The highest BCUT2D eigenvalue weighted by Gasteiger charge is 2.36. The molecule has 0 amide bonds. The molecule has 1 heterocycles. The highest BCUT2D eigenvalue weighted by Crippen LogP contribution is 2.27.